The third-order valence-corrected chi connectivity index (χ3v) is 5.86. The number of nitrogens with one attached hydrogen (secondary N) is 1. The molecular formula is C25H23N5. The first-order valence-electron chi connectivity index (χ1n) is 10.6. The molecule has 3 N–H and O–H groups in total. The zero-order valence-corrected chi connectivity index (χ0v) is 16.7. The summed E-state index contributed by atoms with van der Waals surface area (Å²) in [5.41, 5.74) is 10.7. The largest absolute Gasteiger partial charge is 0.383 e. The highest BCUT2D eigenvalue weighted by atomic mass is 15.1. The van der Waals surface area contributed by atoms with Gasteiger partial charge in [-0.1, -0.05) is 24.0 Å². The average Bonchev–Trinajstić information content (AvgIpc) is 3.68. The lowest BCUT2D eigenvalue weighted by Crippen LogP contribution is -2.07. The van der Waals surface area contributed by atoms with Gasteiger partial charge >= 0.3 is 0 Å². The Bertz CT molecular complexity index is 1320. The van der Waals surface area contributed by atoms with Gasteiger partial charge in [0.2, 0.25) is 5.95 Å². The van der Waals surface area contributed by atoms with Crippen LogP contribution in [0.1, 0.15) is 36.8 Å². The molecule has 0 saturated heterocycles. The van der Waals surface area contributed by atoms with Gasteiger partial charge in [-0.3, -0.25) is 0 Å². The molecule has 148 valence electrons. The van der Waals surface area contributed by atoms with Crippen molar-refractivity contribution in [1.82, 2.24) is 14.5 Å². The van der Waals surface area contributed by atoms with E-state index in [-0.39, 0.29) is 0 Å². The summed E-state index contributed by atoms with van der Waals surface area (Å²) in [6.07, 6.45) is 6.98. The van der Waals surface area contributed by atoms with Crippen molar-refractivity contribution in [2.24, 2.45) is 5.92 Å². The zero-order chi connectivity index (χ0) is 20.1. The van der Waals surface area contributed by atoms with Crippen molar-refractivity contribution in [2.45, 2.75) is 38.3 Å². The summed E-state index contributed by atoms with van der Waals surface area (Å²) in [6.45, 7) is 0.799. The highest BCUT2D eigenvalue weighted by Gasteiger charge is 2.22. The minimum absolute atomic E-state index is 0.498. The first-order chi connectivity index (χ1) is 14.7. The summed E-state index contributed by atoms with van der Waals surface area (Å²) in [5.74, 6) is 8.39. The smallest absolute Gasteiger partial charge is 0.225 e. The topological polar surface area (TPSA) is 68.8 Å². The molecule has 2 saturated carbocycles. The number of fused-ring (bicyclic) bond motifs is 3. The van der Waals surface area contributed by atoms with Crippen LogP contribution >= 0.6 is 0 Å². The van der Waals surface area contributed by atoms with E-state index in [1.54, 1.807) is 0 Å². The molecule has 0 unspecified atom stereocenters. The van der Waals surface area contributed by atoms with Crippen LogP contribution in [-0.4, -0.2) is 20.6 Å². The number of nitrogen functional groups attached to an aromatic ring is 1. The molecule has 5 heteroatoms. The standard InChI is InChI=1S/C25H23N5/c26-24-23-20-13-14-30(15-18-7-5-17(6-8-18)4-3-16-1-2-16)22(20)12-11-21(23)28-25(29-24)27-19-9-10-19/h5-8,11-14,16,19H,1-2,9-10,15H2,(H3,26,27,28,29). The number of hydrogen-bond donors (Lipinski definition) is 2. The van der Waals surface area contributed by atoms with Crippen molar-refractivity contribution < 1.29 is 0 Å². The SMILES string of the molecule is Nc1nc(NC2CC2)nc2ccc3c(ccn3Cc3ccc(C#CC4CC4)cc3)c12. The minimum atomic E-state index is 0.498. The fourth-order valence-electron chi connectivity index (χ4n) is 3.85. The summed E-state index contributed by atoms with van der Waals surface area (Å²) in [7, 11) is 0. The molecule has 2 aromatic heterocycles. The number of aromatic nitrogens is 3. The van der Waals surface area contributed by atoms with Crippen LogP contribution in [0.15, 0.2) is 48.7 Å². The predicted molar refractivity (Wildman–Crippen MR) is 121 cm³/mol. The van der Waals surface area contributed by atoms with Gasteiger partial charge in [-0.25, -0.2) is 4.98 Å². The summed E-state index contributed by atoms with van der Waals surface area (Å²) in [4.78, 5) is 9.18. The molecule has 30 heavy (non-hydrogen) atoms. The Labute approximate surface area is 175 Å². The number of nitrogens with two attached hydrogens (primary N) is 1. The molecule has 2 heterocycles. The maximum Gasteiger partial charge on any atom is 0.225 e. The molecule has 6 rings (SSSR count). The highest BCUT2D eigenvalue weighted by molar-refractivity contribution is 6.10. The van der Waals surface area contributed by atoms with Gasteiger partial charge < -0.3 is 15.6 Å². The van der Waals surface area contributed by atoms with Crippen LogP contribution in [0.5, 0.6) is 0 Å². The fraction of sp³-hybridized carbons (Fsp3) is 0.280. The van der Waals surface area contributed by atoms with Crippen molar-refractivity contribution in [3.05, 3.63) is 59.8 Å². The quantitative estimate of drug-likeness (QED) is 0.499. The zero-order valence-electron chi connectivity index (χ0n) is 16.7. The Balaban J connectivity index is 1.31. The molecule has 0 spiro atoms. The van der Waals surface area contributed by atoms with Gasteiger partial charge in [0.05, 0.1) is 10.9 Å². The van der Waals surface area contributed by atoms with E-state index in [0.29, 0.717) is 23.7 Å². The predicted octanol–water partition coefficient (Wildman–Crippen LogP) is 4.55. The Morgan fingerprint density at radius 3 is 2.60 bits per heavy atom. The second kappa shape index (κ2) is 6.77. The van der Waals surface area contributed by atoms with E-state index < -0.39 is 0 Å². The van der Waals surface area contributed by atoms with Gasteiger partial charge in [0, 0.05) is 41.2 Å². The van der Waals surface area contributed by atoms with Crippen molar-refractivity contribution >= 4 is 33.6 Å². The van der Waals surface area contributed by atoms with Crippen LogP contribution < -0.4 is 11.1 Å². The van der Waals surface area contributed by atoms with E-state index in [2.05, 4.69) is 74.3 Å². The number of anilines is 2. The lowest BCUT2D eigenvalue weighted by atomic mass is 10.1. The van der Waals surface area contributed by atoms with Gasteiger partial charge in [0.1, 0.15) is 5.82 Å². The Morgan fingerprint density at radius 1 is 1.00 bits per heavy atom. The second-order valence-corrected chi connectivity index (χ2v) is 8.43. The lowest BCUT2D eigenvalue weighted by molar-refractivity contribution is 0.837. The van der Waals surface area contributed by atoms with Gasteiger partial charge in [-0.05, 0) is 61.6 Å². The van der Waals surface area contributed by atoms with E-state index in [1.807, 2.05) is 6.07 Å². The van der Waals surface area contributed by atoms with Crippen LogP contribution in [0.3, 0.4) is 0 Å². The normalized spacial score (nSPS) is 15.9. The molecule has 0 bridgehead atoms. The first kappa shape index (κ1) is 17.3. The molecular weight excluding hydrogens is 370 g/mol. The minimum Gasteiger partial charge on any atom is -0.383 e. The lowest BCUT2D eigenvalue weighted by Gasteiger charge is -2.09. The molecule has 0 radical (unpaired) electrons. The summed E-state index contributed by atoms with van der Waals surface area (Å²) >= 11 is 0. The van der Waals surface area contributed by atoms with Gasteiger partial charge in [0.15, 0.2) is 0 Å². The molecule has 0 amide bonds. The highest BCUT2D eigenvalue weighted by Crippen LogP contribution is 2.31. The van der Waals surface area contributed by atoms with Crippen molar-refractivity contribution in [1.29, 1.82) is 0 Å². The van der Waals surface area contributed by atoms with Crippen LogP contribution in [0.25, 0.3) is 21.8 Å². The number of rotatable bonds is 4. The summed E-state index contributed by atoms with van der Waals surface area (Å²) < 4.78 is 2.25. The van der Waals surface area contributed by atoms with Gasteiger partial charge in [-0.2, -0.15) is 4.98 Å². The van der Waals surface area contributed by atoms with Crippen molar-refractivity contribution in [3.8, 4) is 11.8 Å². The summed E-state index contributed by atoms with van der Waals surface area (Å²) in [6, 6.07) is 15.3. The maximum absolute atomic E-state index is 6.34. The van der Waals surface area contributed by atoms with Crippen molar-refractivity contribution in [3.63, 3.8) is 0 Å². The van der Waals surface area contributed by atoms with E-state index in [0.717, 1.165) is 33.9 Å². The van der Waals surface area contributed by atoms with Crippen LogP contribution in [-0.2, 0) is 6.54 Å². The van der Waals surface area contributed by atoms with E-state index >= 15 is 0 Å². The monoisotopic (exact) mass is 393 g/mol. The third-order valence-electron chi connectivity index (χ3n) is 5.86. The molecule has 4 aromatic rings. The van der Waals surface area contributed by atoms with Crippen LogP contribution in [0.2, 0.25) is 0 Å². The average molecular weight is 393 g/mol. The molecule has 5 nitrogen and oxygen atoms in total. The third kappa shape index (κ3) is 3.35. The van der Waals surface area contributed by atoms with Crippen LogP contribution in [0, 0.1) is 17.8 Å². The number of hydrogen-bond acceptors (Lipinski definition) is 4. The molecule has 2 fully saturated rings. The van der Waals surface area contributed by atoms with E-state index in [9.17, 15) is 0 Å². The van der Waals surface area contributed by atoms with Crippen LogP contribution in [0.4, 0.5) is 11.8 Å². The number of benzene rings is 2. The molecule has 2 aliphatic carbocycles. The Morgan fingerprint density at radius 2 is 1.83 bits per heavy atom. The maximum atomic E-state index is 6.34. The molecule has 0 atom stereocenters. The van der Waals surface area contributed by atoms with Gasteiger partial charge in [0.25, 0.3) is 0 Å². The number of nitrogens with zero attached hydrogens (tertiary/aromatic N) is 3. The Kier molecular flexibility index (Phi) is 3.92. The second-order valence-electron chi connectivity index (χ2n) is 8.43. The molecule has 0 aliphatic heterocycles. The first-order valence-corrected chi connectivity index (χ1v) is 10.6. The molecule has 2 aliphatic rings. The van der Waals surface area contributed by atoms with E-state index in [1.165, 1.54) is 31.2 Å². The summed E-state index contributed by atoms with van der Waals surface area (Å²) in [5, 5.41) is 5.36. The fourth-order valence-corrected chi connectivity index (χ4v) is 3.85. The van der Waals surface area contributed by atoms with E-state index in [4.69, 9.17) is 5.73 Å². The van der Waals surface area contributed by atoms with Gasteiger partial charge in [-0.15, -0.1) is 0 Å². The molecule has 2 aromatic carbocycles. The Hall–Kier alpha value is -3.52. The van der Waals surface area contributed by atoms with Crippen molar-refractivity contribution in [2.75, 3.05) is 11.1 Å².